The van der Waals surface area contributed by atoms with E-state index in [-0.39, 0.29) is 4.90 Å². The van der Waals surface area contributed by atoms with Crippen LogP contribution in [0.4, 0.5) is 13.2 Å². The van der Waals surface area contributed by atoms with Crippen LogP contribution in [0.25, 0.3) is 33.6 Å². The Balaban J connectivity index is 1.73. The predicted octanol–water partition coefficient (Wildman–Crippen LogP) is 6.66. The Labute approximate surface area is 189 Å². The Morgan fingerprint density at radius 1 is 0.727 bits per heavy atom. The second-order valence-electron chi connectivity index (χ2n) is 7.57. The minimum atomic E-state index is -4.41. The molecular weight excluding hydrogens is 451 g/mol. The van der Waals surface area contributed by atoms with Crippen molar-refractivity contribution in [3.63, 3.8) is 0 Å². The van der Waals surface area contributed by atoms with Gasteiger partial charge in [-0.1, -0.05) is 42.5 Å². The molecule has 0 aliphatic rings. The Hall–Kier alpha value is -3.49. The Morgan fingerprint density at radius 3 is 1.88 bits per heavy atom. The van der Waals surface area contributed by atoms with Gasteiger partial charge in [-0.15, -0.1) is 0 Å². The highest BCUT2D eigenvalue weighted by Gasteiger charge is 2.30. The molecule has 0 spiro atoms. The molecule has 1 heterocycles. The lowest BCUT2D eigenvalue weighted by Gasteiger charge is -2.11. The lowest BCUT2D eigenvalue weighted by Crippen LogP contribution is -2.04. The van der Waals surface area contributed by atoms with Crippen molar-refractivity contribution in [3.05, 3.63) is 96.1 Å². The van der Waals surface area contributed by atoms with Crippen molar-refractivity contribution in [3.8, 4) is 33.6 Å². The van der Waals surface area contributed by atoms with Crippen LogP contribution in [0.2, 0.25) is 0 Å². The van der Waals surface area contributed by atoms with Gasteiger partial charge in [-0.2, -0.15) is 21.6 Å². The number of aromatic nitrogens is 1. The van der Waals surface area contributed by atoms with Crippen LogP contribution in [0.15, 0.2) is 89.8 Å². The molecule has 0 saturated carbocycles. The number of halogens is 3. The molecular formula is C25H18F3NO3S. The molecule has 0 bridgehead atoms. The van der Waals surface area contributed by atoms with E-state index >= 15 is 0 Å². The molecule has 1 N–H and O–H groups in total. The van der Waals surface area contributed by atoms with Crippen molar-refractivity contribution >= 4 is 10.1 Å². The first-order valence-electron chi connectivity index (χ1n) is 9.85. The fourth-order valence-corrected chi connectivity index (χ4v) is 4.01. The number of rotatable bonds is 4. The minimum absolute atomic E-state index is 0.205. The summed E-state index contributed by atoms with van der Waals surface area (Å²) in [5.41, 5.74) is 3.95. The molecule has 3 aromatic carbocycles. The maximum absolute atomic E-state index is 12.9. The van der Waals surface area contributed by atoms with Crippen molar-refractivity contribution in [2.45, 2.75) is 18.0 Å². The van der Waals surface area contributed by atoms with E-state index in [1.807, 2.05) is 25.1 Å². The molecule has 0 unspecified atom stereocenters. The average molecular weight is 469 g/mol. The first-order chi connectivity index (χ1) is 15.5. The average Bonchev–Trinajstić information content (AvgIpc) is 2.78. The third-order valence-electron chi connectivity index (χ3n) is 5.10. The SMILES string of the molecule is Cc1cc(-c2ccc(C(F)(F)F)cc2)nc(-c2cccc(-c3cccc(S(=O)(=O)O)c3)c2)c1. The zero-order chi connectivity index (χ0) is 23.8. The second-order valence-corrected chi connectivity index (χ2v) is 9.00. The maximum atomic E-state index is 12.9. The van der Waals surface area contributed by atoms with Gasteiger partial charge in [0.25, 0.3) is 10.1 Å². The molecule has 0 aliphatic heterocycles. The molecule has 1 aromatic heterocycles. The maximum Gasteiger partial charge on any atom is 0.416 e. The van der Waals surface area contributed by atoms with Crippen molar-refractivity contribution in [2.75, 3.05) is 0 Å². The largest absolute Gasteiger partial charge is 0.416 e. The summed E-state index contributed by atoms with van der Waals surface area (Å²) in [5, 5.41) is 0. The molecule has 4 rings (SSSR count). The van der Waals surface area contributed by atoms with Crippen LogP contribution in [-0.2, 0) is 16.3 Å². The van der Waals surface area contributed by atoms with Crippen molar-refractivity contribution < 1.29 is 26.1 Å². The Bertz CT molecular complexity index is 1430. The second kappa shape index (κ2) is 8.46. The minimum Gasteiger partial charge on any atom is -0.282 e. The highest BCUT2D eigenvalue weighted by molar-refractivity contribution is 7.85. The number of benzene rings is 3. The summed E-state index contributed by atoms with van der Waals surface area (Å²) < 4.78 is 70.9. The number of nitrogens with zero attached hydrogens (tertiary/aromatic N) is 1. The standard InChI is InChI=1S/C25H18F3NO3S/c1-16-12-23(17-8-10-21(11-9-17)25(26,27)28)29-24(13-16)20-6-2-4-18(14-20)19-5-3-7-22(15-19)33(30,31)32/h2-15H,1H3,(H,30,31,32). The molecule has 8 heteroatoms. The number of hydrogen-bond acceptors (Lipinski definition) is 3. The van der Waals surface area contributed by atoms with Gasteiger partial charge < -0.3 is 0 Å². The van der Waals surface area contributed by atoms with E-state index in [1.54, 1.807) is 30.3 Å². The fraction of sp³-hybridized carbons (Fsp3) is 0.0800. The van der Waals surface area contributed by atoms with Crippen molar-refractivity contribution in [2.24, 2.45) is 0 Å². The topological polar surface area (TPSA) is 67.3 Å². The summed E-state index contributed by atoms with van der Waals surface area (Å²) in [6, 6.07) is 21.7. The smallest absolute Gasteiger partial charge is 0.282 e. The zero-order valence-corrected chi connectivity index (χ0v) is 18.2. The van der Waals surface area contributed by atoms with E-state index in [9.17, 15) is 26.1 Å². The van der Waals surface area contributed by atoms with Gasteiger partial charge in [0, 0.05) is 11.1 Å². The van der Waals surface area contributed by atoms with Crippen LogP contribution in [0.3, 0.4) is 0 Å². The van der Waals surface area contributed by atoms with Gasteiger partial charge in [0.1, 0.15) is 0 Å². The third-order valence-corrected chi connectivity index (χ3v) is 5.95. The molecule has 4 aromatic rings. The molecule has 0 radical (unpaired) electrons. The molecule has 4 nitrogen and oxygen atoms in total. The van der Waals surface area contributed by atoms with Gasteiger partial charge in [-0.25, -0.2) is 4.98 Å². The van der Waals surface area contributed by atoms with Gasteiger partial charge in [0.15, 0.2) is 0 Å². The monoisotopic (exact) mass is 469 g/mol. The normalized spacial score (nSPS) is 12.0. The van der Waals surface area contributed by atoms with E-state index in [0.29, 0.717) is 22.5 Å². The molecule has 33 heavy (non-hydrogen) atoms. The zero-order valence-electron chi connectivity index (χ0n) is 17.3. The summed E-state index contributed by atoms with van der Waals surface area (Å²) in [7, 11) is -4.33. The molecule has 168 valence electrons. The van der Waals surface area contributed by atoms with E-state index in [4.69, 9.17) is 0 Å². The lowest BCUT2D eigenvalue weighted by atomic mass is 10.00. The van der Waals surface area contributed by atoms with E-state index < -0.39 is 21.9 Å². The van der Waals surface area contributed by atoms with Crippen LogP contribution in [0.5, 0.6) is 0 Å². The fourth-order valence-electron chi connectivity index (χ4n) is 3.49. The van der Waals surface area contributed by atoms with Gasteiger partial charge in [0.05, 0.1) is 21.8 Å². The Kier molecular flexibility index (Phi) is 5.82. The van der Waals surface area contributed by atoms with Crippen LogP contribution < -0.4 is 0 Å². The molecule has 0 saturated heterocycles. The number of alkyl halides is 3. The van der Waals surface area contributed by atoms with Crippen molar-refractivity contribution in [1.82, 2.24) is 4.98 Å². The van der Waals surface area contributed by atoms with Crippen molar-refractivity contribution in [1.29, 1.82) is 0 Å². The first kappa shape index (κ1) is 22.7. The quantitative estimate of drug-likeness (QED) is 0.340. The molecule has 0 atom stereocenters. The summed E-state index contributed by atoms with van der Waals surface area (Å²) >= 11 is 0. The predicted molar refractivity (Wildman–Crippen MR) is 120 cm³/mol. The Morgan fingerprint density at radius 2 is 1.27 bits per heavy atom. The molecule has 0 amide bonds. The number of aryl methyl sites for hydroxylation is 1. The van der Waals surface area contributed by atoms with E-state index in [1.165, 1.54) is 24.3 Å². The van der Waals surface area contributed by atoms with Gasteiger partial charge in [-0.05, 0) is 66.1 Å². The summed E-state index contributed by atoms with van der Waals surface area (Å²) in [5.74, 6) is 0. The molecule has 0 fully saturated rings. The number of pyridine rings is 1. The summed E-state index contributed by atoms with van der Waals surface area (Å²) in [6.07, 6.45) is -4.41. The summed E-state index contributed by atoms with van der Waals surface area (Å²) in [4.78, 5) is 4.44. The van der Waals surface area contributed by atoms with E-state index in [0.717, 1.165) is 28.8 Å². The highest BCUT2D eigenvalue weighted by Crippen LogP contribution is 2.32. The van der Waals surface area contributed by atoms with E-state index in [2.05, 4.69) is 4.98 Å². The van der Waals surface area contributed by atoms with Crippen LogP contribution >= 0.6 is 0 Å². The van der Waals surface area contributed by atoms with Gasteiger partial charge in [0.2, 0.25) is 0 Å². The van der Waals surface area contributed by atoms with Crippen LogP contribution in [-0.4, -0.2) is 18.0 Å². The summed E-state index contributed by atoms with van der Waals surface area (Å²) in [6.45, 7) is 1.87. The number of hydrogen-bond donors (Lipinski definition) is 1. The first-order valence-corrected chi connectivity index (χ1v) is 11.3. The molecule has 0 aliphatic carbocycles. The van der Waals surface area contributed by atoms with Gasteiger partial charge >= 0.3 is 6.18 Å². The third kappa shape index (κ3) is 5.13. The van der Waals surface area contributed by atoms with Gasteiger partial charge in [-0.3, -0.25) is 4.55 Å². The van der Waals surface area contributed by atoms with Crippen LogP contribution in [0, 0.1) is 6.92 Å². The van der Waals surface area contributed by atoms with Crippen LogP contribution in [0.1, 0.15) is 11.1 Å². The highest BCUT2D eigenvalue weighted by atomic mass is 32.2. The lowest BCUT2D eigenvalue weighted by molar-refractivity contribution is -0.137.